The van der Waals surface area contributed by atoms with E-state index in [9.17, 15) is 4.79 Å². The third-order valence-corrected chi connectivity index (χ3v) is 4.97. The molecule has 3 aromatic rings. The molecule has 0 saturated carbocycles. The van der Waals surface area contributed by atoms with E-state index in [1.165, 1.54) is 6.33 Å². The number of amides is 1. The monoisotopic (exact) mass is 365 g/mol. The molecule has 4 rings (SSSR count). The third-order valence-electron chi connectivity index (χ3n) is 4.97. The lowest BCUT2D eigenvalue weighted by atomic mass is 9.96. The van der Waals surface area contributed by atoms with E-state index in [1.807, 2.05) is 41.7 Å². The normalized spacial score (nSPS) is 17.2. The number of hydrogen-bond donors (Lipinski definition) is 0. The number of hydrogen-bond acceptors (Lipinski definition) is 5. The van der Waals surface area contributed by atoms with Crippen molar-refractivity contribution in [1.29, 1.82) is 0 Å². The van der Waals surface area contributed by atoms with Gasteiger partial charge in [0.15, 0.2) is 0 Å². The van der Waals surface area contributed by atoms with Gasteiger partial charge in [-0.25, -0.2) is 9.97 Å². The Hall–Kier alpha value is -3.03. The van der Waals surface area contributed by atoms with Gasteiger partial charge in [0, 0.05) is 44.0 Å². The molecule has 1 aliphatic rings. The molecular weight excluding hydrogens is 342 g/mol. The van der Waals surface area contributed by atoms with Crippen molar-refractivity contribution < 1.29 is 4.79 Å². The van der Waals surface area contributed by atoms with E-state index in [4.69, 9.17) is 0 Å². The minimum Gasteiger partial charge on any atom is -0.342 e. The second-order valence-corrected chi connectivity index (χ2v) is 6.82. The van der Waals surface area contributed by atoms with Gasteiger partial charge in [-0.3, -0.25) is 14.5 Å². The lowest BCUT2D eigenvalue weighted by Crippen LogP contribution is -2.40. The summed E-state index contributed by atoms with van der Waals surface area (Å²) in [4.78, 5) is 27.5. The van der Waals surface area contributed by atoms with Gasteiger partial charge < -0.3 is 9.47 Å². The predicted octanol–water partition coefficient (Wildman–Crippen LogP) is 1.71. The molecule has 0 radical (unpaired) electrons. The van der Waals surface area contributed by atoms with Gasteiger partial charge in [-0.2, -0.15) is 5.10 Å². The number of carbonyl (C=O) groups excluding carboxylic acids is 1. The lowest BCUT2D eigenvalue weighted by molar-refractivity contribution is -0.132. The van der Waals surface area contributed by atoms with Gasteiger partial charge in [0.2, 0.25) is 5.91 Å². The molecule has 140 valence electrons. The number of aryl methyl sites for hydroxylation is 1. The first-order valence-corrected chi connectivity index (χ1v) is 9.31. The summed E-state index contributed by atoms with van der Waals surface area (Å²) in [6.45, 7) is 2.80. The Morgan fingerprint density at radius 2 is 2.19 bits per heavy atom. The first-order chi connectivity index (χ1) is 13.3. The molecule has 27 heavy (non-hydrogen) atoms. The average Bonchev–Trinajstić information content (AvgIpc) is 3.39. The largest absolute Gasteiger partial charge is 0.342 e. The van der Waals surface area contributed by atoms with Gasteiger partial charge in [0.1, 0.15) is 18.5 Å². The number of nitrogens with zero attached hydrogens (tertiary/aromatic N) is 7. The van der Waals surface area contributed by atoms with Crippen molar-refractivity contribution in [2.24, 2.45) is 0 Å². The zero-order valence-electron chi connectivity index (χ0n) is 15.2. The fourth-order valence-electron chi connectivity index (χ4n) is 3.61. The van der Waals surface area contributed by atoms with Crippen LogP contribution >= 0.6 is 0 Å². The molecule has 1 unspecified atom stereocenters. The highest BCUT2D eigenvalue weighted by molar-refractivity contribution is 5.76. The van der Waals surface area contributed by atoms with Crippen LogP contribution in [0.4, 0.5) is 0 Å². The molecule has 0 bridgehead atoms. The first kappa shape index (κ1) is 17.4. The van der Waals surface area contributed by atoms with Gasteiger partial charge in [-0.05, 0) is 25.0 Å². The first-order valence-electron chi connectivity index (χ1n) is 9.31. The Bertz CT molecular complexity index is 859. The number of aromatic nitrogens is 6. The summed E-state index contributed by atoms with van der Waals surface area (Å²) in [6, 6.07) is 5.93. The average molecular weight is 365 g/mol. The van der Waals surface area contributed by atoms with Crippen molar-refractivity contribution in [3.05, 3.63) is 61.0 Å². The van der Waals surface area contributed by atoms with Gasteiger partial charge >= 0.3 is 0 Å². The smallest absolute Gasteiger partial charge is 0.224 e. The maximum Gasteiger partial charge on any atom is 0.224 e. The van der Waals surface area contributed by atoms with Crippen LogP contribution in [-0.4, -0.2) is 53.2 Å². The molecule has 4 heterocycles. The second-order valence-electron chi connectivity index (χ2n) is 6.82. The Labute approximate surface area is 157 Å². The SMILES string of the molecule is O=C(CCn1cncn1)N1CCCC(c2nccn2Cc2ccccn2)C1. The van der Waals surface area contributed by atoms with Crippen molar-refractivity contribution in [1.82, 2.24) is 34.2 Å². The van der Waals surface area contributed by atoms with E-state index in [2.05, 4.69) is 24.6 Å². The molecule has 1 aliphatic heterocycles. The number of imidazole rings is 1. The fourth-order valence-corrected chi connectivity index (χ4v) is 3.61. The van der Waals surface area contributed by atoms with E-state index in [0.717, 1.165) is 37.4 Å². The fraction of sp³-hybridized carbons (Fsp3) is 0.421. The van der Waals surface area contributed by atoms with Crippen LogP contribution in [0.15, 0.2) is 49.4 Å². The molecule has 3 aromatic heterocycles. The number of rotatable bonds is 6. The molecule has 0 aliphatic carbocycles. The lowest BCUT2D eigenvalue weighted by Gasteiger charge is -2.32. The van der Waals surface area contributed by atoms with E-state index in [-0.39, 0.29) is 11.8 Å². The predicted molar refractivity (Wildman–Crippen MR) is 98.8 cm³/mol. The molecule has 0 aromatic carbocycles. The van der Waals surface area contributed by atoms with Crippen LogP contribution in [0, 0.1) is 0 Å². The Balaban J connectivity index is 1.40. The summed E-state index contributed by atoms with van der Waals surface area (Å²) in [7, 11) is 0. The summed E-state index contributed by atoms with van der Waals surface area (Å²) in [5, 5.41) is 4.06. The maximum atomic E-state index is 12.6. The number of likely N-dealkylation sites (tertiary alicyclic amines) is 1. The van der Waals surface area contributed by atoms with Crippen LogP contribution in [-0.2, 0) is 17.9 Å². The van der Waals surface area contributed by atoms with Gasteiger partial charge in [0.05, 0.1) is 18.8 Å². The number of carbonyl (C=O) groups is 1. The Kier molecular flexibility index (Phi) is 5.22. The van der Waals surface area contributed by atoms with Crippen molar-refractivity contribution in [3.63, 3.8) is 0 Å². The van der Waals surface area contributed by atoms with E-state index < -0.39 is 0 Å². The summed E-state index contributed by atoms with van der Waals surface area (Å²) in [5.74, 6) is 1.46. The van der Waals surface area contributed by atoms with E-state index >= 15 is 0 Å². The van der Waals surface area contributed by atoms with Gasteiger partial charge in [-0.15, -0.1) is 0 Å². The third kappa shape index (κ3) is 4.21. The highest BCUT2D eigenvalue weighted by atomic mass is 16.2. The number of pyridine rings is 1. The molecular formula is C19H23N7O. The molecule has 8 heteroatoms. The van der Waals surface area contributed by atoms with Crippen LogP contribution in [0.25, 0.3) is 0 Å². The van der Waals surface area contributed by atoms with Crippen LogP contribution < -0.4 is 0 Å². The highest BCUT2D eigenvalue weighted by Gasteiger charge is 2.27. The Morgan fingerprint density at radius 1 is 1.22 bits per heavy atom. The van der Waals surface area contributed by atoms with E-state index in [1.54, 1.807) is 11.0 Å². The topological polar surface area (TPSA) is 81.7 Å². The quantitative estimate of drug-likeness (QED) is 0.664. The van der Waals surface area contributed by atoms with E-state index in [0.29, 0.717) is 19.5 Å². The van der Waals surface area contributed by atoms with Crippen LogP contribution in [0.1, 0.15) is 36.7 Å². The summed E-state index contributed by atoms with van der Waals surface area (Å²) < 4.78 is 3.84. The molecule has 1 saturated heterocycles. The second kappa shape index (κ2) is 8.11. The number of piperidine rings is 1. The zero-order chi connectivity index (χ0) is 18.5. The van der Waals surface area contributed by atoms with Gasteiger partial charge in [-0.1, -0.05) is 6.07 Å². The van der Waals surface area contributed by atoms with Crippen molar-refractivity contribution in [2.45, 2.75) is 38.3 Å². The molecule has 1 fully saturated rings. The summed E-state index contributed by atoms with van der Waals surface area (Å²) in [6.07, 6.45) is 11.3. The molecule has 8 nitrogen and oxygen atoms in total. The summed E-state index contributed by atoms with van der Waals surface area (Å²) in [5.41, 5.74) is 1.01. The molecule has 0 N–H and O–H groups in total. The maximum absolute atomic E-state index is 12.6. The van der Waals surface area contributed by atoms with Gasteiger partial charge in [0.25, 0.3) is 0 Å². The minimum absolute atomic E-state index is 0.165. The van der Waals surface area contributed by atoms with Crippen molar-refractivity contribution in [3.8, 4) is 0 Å². The van der Waals surface area contributed by atoms with Crippen LogP contribution in [0.3, 0.4) is 0 Å². The minimum atomic E-state index is 0.165. The van der Waals surface area contributed by atoms with Crippen molar-refractivity contribution >= 4 is 5.91 Å². The Morgan fingerprint density at radius 3 is 3.00 bits per heavy atom. The highest BCUT2D eigenvalue weighted by Crippen LogP contribution is 2.26. The zero-order valence-corrected chi connectivity index (χ0v) is 15.2. The molecule has 1 amide bonds. The molecule has 0 spiro atoms. The molecule has 1 atom stereocenters. The standard InChI is InChI=1S/C19H23N7O/c27-18(6-10-26-15-20-14-23-26)24-9-3-4-16(12-24)19-22-8-11-25(19)13-17-5-1-2-7-21-17/h1-2,5,7-8,11,14-16H,3-4,6,9-10,12-13H2. The van der Waals surface area contributed by atoms with Crippen molar-refractivity contribution in [2.75, 3.05) is 13.1 Å². The van der Waals surface area contributed by atoms with Crippen LogP contribution in [0.2, 0.25) is 0 Å². The van der Waals surface area contributed by atoms with Crippen LogP contribution in [0.5, 0.6) is 0 Å². The summed E-state index contributed by atoms with van der Waals surface area (Å²) >= 11 is 0.